The fraction of sp³-hybridized carbons (Fsp3) is 0.500. The fourth-order valence-electron chi connectivity index (χ4n) is 5.90. The van der Waals surface area contributed by atoms with Crippen molar-refractivity contribution in [2.45, 2.75) is 175 Å². The minimum atomic E-state index is -0.827. The standard InChI is InChI=1S/C58H86O6/c1-4-7-10-13-16-19-22-25-27-28-29-31-33-36-39-42-45-48-51-57(60)63-54-55(53-62-56(59)50-47-44-41-38-35-32-24-21-18-15-12-9-6-3)64-58(61)52-49-46-43-40-37-34-30-26-23-20-17-14-11-8-5-2/h8-31,34,37,55H,4-7,32-33,35-36,38-54H2,1-3H3/b11-8+,12-9+,13-10+,17-14+,18-15+,19-16+,23-20+,24-21+,25-22+,28-27+,30-26+,31-29+,37-34+. The van der Waals surface area contributed by atoms with E-state index in [1.54, 1.807) is 0 Å². The Hall–Kier alpha value is -4.97. The molecule has 0 aliphatic rings. The number of allylic oxidation sites excluding steroid dienone is 26. The van der Waals surface area contributed by atoms with E-state index in [-0.39, 0.29) is 37.5 Å². The Bertz CT molecular complexity index is 1520. The molecule has 0 rings (SSSR count). The lowest BCUT2D eigenvalue weighted by Gasteiger charge is -2.18. The summed E-state index contributed by atoms with van der Waals surface area (Å²) in [5.74, 6) is -1.03. The fourth-order valence-corrected chi connectivity index (χ4v) is 5.90. The van der Waals surface area contributed by atoms with Crippen LogP contribution in [0.5, 0.6) is 0 Å². The van der Waals surface area contributed by atoms with Crippen LogP contribution in [0.2, 0.25) is 0 Å². The summed E-state index contributed by atoms with van der Waals surface area (Å²) in [6.45, 7) is 6.16. The second-order valence-electron chi connectivity index (χ2n) is 15.6. The molecule has 0 saturated carbocycles. The molecule has 0 aliphatic heterocycles. The van der Waals surface area contributed by atoms with Crippen molar-refractivity contribution in [1.29, 1.82) is 0 Å². The van der Waals surface area contributed by atoms with Crippen LogP contribution in [0.3, 0.4) is 0 Å². The lowest BCUT2D eigenvalue weighted by Crippen LogP contribution is -2.30. The molecule has 0 aromatic rings. The van der Waals surface area contributed by atoms with E-state index in [0.29, 0.717) is 19.3 Å². The third-order valence-corrected chi connectivity index (χ3v) is 9.55. The van der Waals surface area contributed by atoms with E-state index < -0.39 is 6.10 Å². The van der Waals surface area contributed by atoms with Crippen LogP contribution in [0.4, 0.5) is 0 Å². The summed E-state index contributed by atoms with van der Waals surface area (Å²) in [6.07, 6.45) is 73.6. The summed E-state index contributed by atoms with van der Waals surface area (Å²) in [7, 11) is 0. The van der Waals surface area contributed by atoms with Gasteiger partial charge in [0.2, 0.25) is 0 Å². The maximum absolute atomic E-state index is 12.8. The molecule has 354 valence electrons. The number of hydrogen-bond acceptors (Lipinski definition) is 6. The van der Waals surface area contributed by atoms with Crippen LogP contribution in [0.15, 0.2) is 158 Å². The SMILES string of the molecule is CC/C=C/C=C/C=C/C=C/C=C/CCCCCC(=O)OC(COC(=O)CCCCCCC/C=C/C=C/C=C/C=C/C=C/CCC)COC(=O)CCCCCCC/C=C/C=C/C=C/CC. The second-order valence-corrected chi connectivity index (χ2v) is 15.6. The van der Waals surface area contributed by atoms with Gasteiger partial charge in [-0.3, -0.25) is 14.4 Å². The van der Waals surface area contributed by atoms with Gasteiger partial charge in [-0.2, -0.15) is 0 Å². The molecule has 0 N–H and O–H groups in total. The van der Waals surface area contributed by atoms with Gasteiger partial charge in [-0.15, -0.1) is 0 Å². The maximum atomic E-state index is 12.8. The number of carbonyl (C=O) groups is 3. The predicted octanol–water partition coefficient (Wildman–Crippen LogP) is 16.2. The Morgan fingerprint density at radius 1 is 0.328 bits per heavy atom. The van der Waals surface area contributed by atoms with E-state index in [4.69, 9.17) is 14.2 Å². The van der Waals surface area contributed by atoms with Crippen molar-refractivity contribution < 1.29 is 28.6 Å². The Labute approximate surface area is 390 Å². The van der Waals surface area contributed by atoms with E-state index >= 15 is 0 Å². The van der Waals surface area contributed by atoms with Gasteiger partial charge >= 0.3 is 17.9 Å². The first kappa shape index (κ1) is 59.0. The smallest absolute Gasteiger partial charge is 0.306 e. The number of carbonyl (C=O) groups excluding carboxylic acids is 3. The molecule has 0 amide bonds. The molecule has 64 heavy (non-hydrogen) atoms. The van der Waals surface area contributed by atoms with Crippen molar-refractivity contribution in [3.63, 3.8) is 0 Å². The van der Waals surface area contributed by atoms with Gasteiger partial charge in [0.25, 0.3) is 0 Å². The summed E-state index contributed by atoms with van der Waals surface area (Å²) in [5.41, 5.74) is 0. The maximum Gasteiger partial charge on any atom is 0.306 e. The molecule has 0 radical (unpaired) electrons. The van der Waals surface area contributed by atoms with Crippen LogP contribution in [0.25, 0.3) is 0 Å². The Morgan fingerprint density at radius 2 is 0.609 bits per heavy atom. The number of esters is 3. The minimum Gasteiger partial charge on any atom is -0.462 e. The minimum absolute atomic E-state index is 0.123. The average Bonchev–Trinajstić information content (AvgIpc) is 3.29. The van der Waals surface area contributed by atoms with Gasteiger partial charge in [-0.1, -0.05) is 230 Å². The van der Waals surface area contributed by atoms with Gasteiger partial charge in [0, 0.05) is 19.3 Å². The summed E-state index contributed by atoms with van der Waals surface area (Å²) < 4.78 is 16.7. The van der Waals surface area contributed by atoms with Gasteiger partial charge in [0.15, 0.2) is 6.10 Å². The number of unbranched alkanes of at least 4 members (excludes halogenated alkanes) is 14. The zero-order valence-corrected chi connectivity index (χ0v) is 40.2. The molecule has 0 saturated heterocycles. The summed E-state index contributed by atoms with van der Waals surface area (Å²) in [6, 6.07) is 0. The van der Waals surface area contributed by atoms with Crippen molar-refractivity contribution in [3.8, 4) is 0 Å². The monoisotopic (exact) mass is 879 g/mol. The largest absolute Gasteiger partial charge is 0.462 e. The molecule has 6 nitrogen and oxygen atoms in total. The van der Waals surface area contributed by atoms with Gasteiger partial charge < -0.3 is 14.2 Å². The van der Waals surface area contributed by atoms with Crippen LogP contribution in [-0.2, 0) is 28.6 Å². The van der Waals surface area contributed by atoms with Crippen LogP contribution in [-0.4, -0.2) is 37.2 Å². The summed E-state index contributed by atoms with van der Waals surface area (Å²) >= 11 is 0. The predicted molar refractivity (Wildman–Crippen MR) is 274 cm³/mol. The van der Waals surface area contributed by atoms with E-state index in [0.717, 1.165) is 116 Å². The first-order chi connectivity index (χ1) is 31.5. The van der Waals surface area contributed by atoms with E-state index in [2.05, 4.69) is 87.6 Å². The highest BCUT2D eigenvalue weighted by Crippen LogP contribution is 2.12. The van der Waals surface area contributed by atoms with Gasteiger partial charge in [0.1, 0.15) is 13.2 Å². The molecule has 0 spiro atoms. The molecule has 0 aliphatic carbocycles. The molecule has 0 heterocycles. The molecular weight excluding hydrogens is 793 g/mol. The van der Waals surface area contributed by atoms with E-state index in [1.165, 1.54) is 6.42 Å². The van der Waals surface area contributed by atoms with Crippen molar-refractivity contribution in [2.24, 2.45) is 0 Å². The Morgan fingerprint density at radius 3 is 0.969 bits per heavy atom. The van der Waals surface area contributed by atoms with Gasteiger partial charge in [-0.05, 0) is 77.0 Å². The average molecular weight is 879 g/mol. The quantitative estimate of drug-likeness (QED) is 0.0263. The highest BCUT2D eigenvalue weighted by molar-refractivity contribution is 5.71. The lowest BCUT2D eigenvalue weighted by atomic mass is 10.1. The van der Waals surface area contributed by atoms with Crippen LogP contribution >= 0.6 is 0 Å². The Kier molecular flexibility index (Phi) is 46.7. The number of hydrogen-bond donors (Lipinski definition) is 0. The van der Waals surface area contributed by atoms with Gasteiger partial charge in [0.05, 0.1) is 0 Å². The summed E-state index contributed by atoms with van der Waals surface area (Å²) in [5, 5.41) is 0. The first-order valence-corrected chi connectivity index (χ1v) is 24.7. The molecule has 1 unspecified atom stereocenters. The van der Waals surface area contributed by atoms with Crippen molar-refractivity contribution in [1.82, 2.24) is 0 Å². The Balaban J connectivity index is 4.59. The molecular formula is C58H86O6. The van der Waals surface area contributed by atoms with E-state index in [9.17, 15) is 14.4 Å². The molecule has 0 fully saturated rings. The number of ether oxygens (including phenoxy) is 3. The molecule has 1 atom stereocenters. The van der Waals surface area contributed by atoms with Gasteiger partial charge in [-0.25, -0.2) is 0 Å². The third-order valence-electron chi connectivity index (χ3n) is 9.55. The van der Waals surface area contributed by atoms with E-state index in [1.807, 2.05) is 91.1 Å². The van der Waals surface area contributed by atoms with Crippen LogP contribution < -0.4 is 0 Å². The van der Waals surface area contributed by atoms with Crippen LogP contribution in [0.1, 0.15) is 168 Å². The highest BCUT2D eigenvalue weighted by Gasteiger charge is 2.19. The molecule has 0 aromatic heterocycles. The zero-order chi connectivity index (χ0) is 46.5. The molecule has 0 aromatic carbocycles. The molecule has 6 heteroatoms. The lowest BCUT2D eigenvalue weighted by molar-refractivity contribution is -0.167. The number of rotatable bonds is 41. The second kappa shape index (κ2) is 50.7. The van der Waals surface area contributed by atoms with Crippen molar-refractivity contribution >= 4 is 17.9 Å². The highest BCUT2D eigenvalue weighted by atomic mass is 16.6. The van der Waals surface area contributed by atoms with Crippen molar-refractivity contribution in [2.75, 3.05) is 13.2 Å². The third kappa shape index (κ3) is 48.1. The topological polar surface area (TPSA) is 78.9 Å². The molecule has 0 bridgehead atoms. The normalized spacial score (nSPS) is 13.5. The summed E-state index contributed by atoms with van der Waals surface area (Å²) in [4.78, 5) is 37.9. The van der Waals surface area contributed by atoms with Crippen LogP contribution in [0, 0.1) is 0 Å². The zero-order valence-electron chi connectivity index (χ0n) is 40.2. The van der Waals surface area contributed by atoms with Crippen molar-refractivity contribution in [3.05, 3.63) is 158 Å². The first-order valence-electron chi connectivity index (χ1n) is 24.7.